The fourth-order valence-electron chi connectivity index (χ4n) is 3.76. The van der Waals surface area contributed by atoms with E-state index in [0.29, 0.717) is 18.0 Å². The summed E-state index contributed by atoms with van der Waals surface area (Å²) in [6.45, 7) is 7.92. The van der Waals surface area contributed by atoms with Gasteiger partial charge in [0.25, 0.3) is 5.91 Å². The third-order valence-electron chi connectivity index (χ3n) is 5.48. The first-order valence-electron chi connectivity index (χ1n) is 10.4. The highest BCUT2D eigenvalue weighted by Gasteiger charge is 2.14. The first kappa shape index (κ1) is 20.4. The van der Waals surface area contributed by atoms with Gasteiger partial charge in [-0.05, 0) is 60.7 Å². The van der Waals surface area contributed by atoms with Crippen molar-refractivity contribution in [3.05, 3.63) is 64.7 Å². The molecule has 2 aromatic rings. The maximum Gasteiger partial charge on any atom is 0.255 e. The number of hydrogen-bond acceptors (Lipinski definition) is 3. The molecule has 0 spiro atoms. The van der Waals surface area contributed by atoms with Crippen molar-refractivity contribution in [2.24, 2.45) is 0 Å². The van der Waals surface area contributed by atoms with E-state index < -0.39 is 0 Å². The van der Waals surface area contributed by atoms with Crippen molar-refractivity contribution >= 4 is 5.91 Å². The van der Waals surface area contributed by atoms with Gasteiger partial charge in [0.15, 0.2) is 0 Å². The fourth-order valence-corrected chi connectivity index (χ4v) is 3.76. The van der Waals surface area contributed by atoms with E-state index in [-0.39, 0.29) is 11.7 Å². The minimum Gasteiger partial charge on any atom is -0.507 e. The summed E-state index contributed by atoms with van der Waals surface area (Å²) in [5, 5.41) is 13.0. The molecule has 3 rings (SSSR count). The second-order valence-electron chi connectivity index (χ2n) is 8.12. The summed E-state index contributed by atoms with van der Waals surface area (Å²) in [4.78, 5) is 15.1. The number of benzene rings is 2. The molecule has 1 fully saturated rings. The molecule has 2 N–H and O–H groups in total. The zero-order valence-electron chi connectivity index (χ0n) is 17.1. The molecule has 0 aliphatic carbocycles. The molecule has 0 atom stereocenters. The third-order valence-corrected chi connectivity index (χ3v) is 5.48. The number of phenols is 1. The zero-order chi connectivity index (χ0) is 19.9. The van der Waals surface area contributed by atoms with Gasteiger partial charge in [-0.25, -0.2) is 0 Å². The predicted octanol–water partition coefficient (Wildman–Crippen LogP) is 4.82. The molecule has 1 heterocycles. The standard InChI is InChI=1S/C24H32N2O2/c1-18(2)21-10-11-23(27)22(15-21)24(28)25-16-19-8-7-9-20(14-19)17-26-12-5-3-4-6-13-26/h7-11,14-15,18,27H,3-6,12-13,16-17H2,1-2H3,(H,25,28). The van der Waals surface area contributed by atoms with Crippen LogP contribution in [0.2, 0.25) is 0 Å². The highest BCUT2D eigenvalue weighted by atomic mass is 16.3. The Kier molecular flexibility index (Phi) is 7.10. The van der Waals surface area contributed by atoms with Crippen molar-refractivity contribution in [3.8, 4) is 5.75 Å². The van der Waals surface area contributed by atoms with Gasteiger partial charge in [-0.2, -0.15) is 0 Å². The van der Waals surface area contributed by atoms with Gasteiger partial charge in [0, 0.05) is 13.1 Å². The number of carbonyl (C=O) groups is 1. The summed E-state index contributed by atoms with van der Waals surface area (Å²) in [5.74, 6) is 0.0950. The van der Waals surface area contributed by atoms with Gasteiger partial charge in [0.1, 0.15) is 5.75 Å². The number of carbonyl (C=O) groups excluding carboxylic acids is 1. The second-order valence-corrected chi connectivity index (χ2v) is 8.12. The van der Waals surface area contributed by atoms with E-state index in [1.165, 1.54) is 44.3 Å². The maximum absolute atomic E-state index is 12.6. The molecule has 0 saturated carbocycles. The van der Waals surface area contributed by atoms with Crippen LogP contribution < -0.4 is 5.32 Å². The molecule has 0 aromatic heterocycles. The number of nitrogens with one attached hydrogen (secondary N) is 1. The van der Waals surface area contributed by atoms with Gasteiger partial charge in [0.2, 0.25) is 0 Å². The van der Waals surface area contributed by atoms with Crippen LogP contribution in [0.4, 0.5) is 0 Å². The van der Waals surface area contributed by atoms with Crippen LogP contribution in [0.5, 0.6) is 5.75 Å². The van der Waals surface area contributed by atoms with Crippen molar-refractivity contribution in [3.63, 3.8) is 0 Å². The normalized spacial score (nSPS) is 15.4. The fraction of sp³-hybridized carbons (Fsp3) is 0.458. The Morgan fingerprint density at radius 1 is 1.04 bits per heavy atom. The molecule has 0 unspecified atom stereocenters. The summed E-state index contributed by atoms with van der Waals surface area (Å²) in [5.41, 5.74) is 3.76. The molecule has 2 aromatic carbocycles. The molecular formula is C24H32N2O2. The number of amides is 1. The Hall–Kier alpha value is -2.33. The van der Waals surface area contributed by atoms with Crippen molar-refractivity contribution in [1.82, 2.24) is 10.2 Å². The molecule has 4 nitrogen and oxygen atoms in total. The molecule has 150 valence electrons. The number of hydrogen-bond donors (Lipinski definition) is 2. The van der Waals surface area contributed by atoms with Crippen LogP contribution in [0, 0.1) is 0 Å². The molecule has 0 radical (unpaired) electrons. The molecule has 1 saturated heterocycles. The smallest absolute Gasteiger partial charge is 0.255 e. The minimum atomic E-state index is -0.238. The number of likely N-dealkylation sites (tertiary alicyclic amines) is 1. The van der Waals surface area contributed by atoms with Gasteiger partial charge in [-0.3, -0.25) is 9.69 Å². The largest absolute Gasteiger partial charge is 0.507 e. The van der Waals surface area contributed by atoms with Crippen LogP contribution in [-0.2, 0) is 13.1 Å². The maximum atomic E-state index is 12.6. The van der Waals surface area contributed by atoms with E-state index >= 15 is 0 Å². The summed E-state index contributed by atoms with van der Waals surface area (Å²) in [7, 11) is 0. The number of phenolic OH excluding ortho intramolecular Hbond substituents is 1. The molecule has 0 bridgehead atoms. The van der Waals surface area contributed by atoms with E-state index in [1.54, 1.807) is 12.1 Å². The quantitative estimate of drug-likeness (QED) is 0.755. The van der Waals surface area contributed by atoms with Gasteiger partial charge < -0.3 is 10.4 Å². The molecule has 1 aliphatic rings. The van der Waals surface area contributed by atoms with Crippen LogP contribution >= 0.6 is 0 Å². The summed E-state index contributed by atoms with van der Waals surface area (Å²) < 4.78 is 0. The topological polar surface area (TPSA) is 52.6 Å². The van der Waals surface area contributed by atoms with Crippen LogP contribution in [0.25, 0.3) is 0 Å². The van der Waals surface area contributed by atoms with E-state index in [0.717, 1.165) is 17.7 Å². The Bertz CT molecular complexity index is 793. The zero-order valence-corrected chi connectivity index (χ0v) is 17.1. The number of rotatable bonds is 6. The van der Waals surface area contributed by atoms with E-state index in [1.807, 2.05) is 12.1 Å². The van der Waals surface area contributed by atoms with Gasteiger partial charge in [0.05, 0.1) is 5.56 Å². The van der Waals surface area contributed by atoms with Crippen molar-refractivity contribution in [2.45, 2.75) is 58.5 Å². The number of nitrogens with zero attached hydrogens (tertiary/aromatic N) is 1. The highest BCUT2D eigenvalue weighted by molar-refractivity contribution is 5.97. The van der Waals surface area contributed by atoms with E-state index in [9.17, 15) is 9.90 Å². The van der Waals surface area contributed by atoms with Gasteiger partial charge in [-0.1, -0.05) is 57.0 Å². The van der Waals surface area contributed by atoms with Crippen molar-refractivity contribution < 1.29 is 9.90 Å². The monoisotopic (exact) mass is 380 g/mol. The lowest BCUT2D eigenvalue weighted by Gasteiger charge is -2.20. The molecule has 28 heavy (non-hydrogen) atoms. The lowest BCUT2D eigenvalue weighted by molar-refractivity contribution is 0.0948. The van der Waals surface area contributed by atoms with Crippen LogP contribution in [0.15, 0.2) is 42.5 Å². The Balaban J connectivity index is 1.61. The first-order chi connectivity index (χ1) is 13.5. The van der Waals surface area contributed by atoms with E-state index in [4.69, 9.17) is 0 Å². The highest BCUT2D eigenvalue weighted by Crippen LogP contribution is 2.23. The predicted molar refractivity (Wildman–Crippen MR) is 114 cm³/mol. The lowest BCUT2D eigenvalue weighted by Crippen LogP contribution is -2.25. The molecule has 1 amide bonds. The van der Waals surface area contributed by atoms with Gasteiger partial charge >= 0.3 is 0 Å². The average Bonchev–Trinajstić information content (AvgIpc) is 2.95. The lowest BCUT2D eigenvalue weighted by atomic mass is 10.00. The minimum absolute atomic E-state index is 0.0248. The first-order valence-corrected chi connectivity index (χ1v) is 10.4. The molecular weight excluding hydrogens is 348 g/mol. The summed E-state index contributed by atoms with van der Waals surface area (Å²) >= 11 is 0. The number of aromatic hydroxyl groups is 1. The third kappa shape index (κ3) is 5.59. The molecule has 4 heteroatoms. The Morgan fingerprint density at radius 2 is 1.75 bits per heavy atom. The SMILES string of the molecule is CC(C)c1ccc(O)c(C(=O)NCc2cccc(CN3CCCCCC3)c2)c1. The summed E-state index contributed by atoms with van der Waals surface area (Å²) in [6, 6.07) is 13.7. The average molecular weight is 381 g/mol. The van der Waals surface area contributed by atoms with Crippen LogP contribution in [-0.4, -0.2) is 29.0 Å². The van der Waals surface area contributed by atoms with E-state index in [2.05, 4.69) is 42.3 Å². The Labute approximate surface area is 168 Å². The van der Waals surface area contributed by atoms with Crippen LogP contribution in [0.1, 0.15) is 72.5 Å². The second kappa shape index (κ2) is 9.74. The van der Waals surface area contributed by atoms with Crippen LogP contribution in [0.3, 0.4) is 0 Å². The Morgan fingerprint density at radius 3 is 2.46 bits per heavy atom. The van der Waals surface area contributed by atoms with Gasteiger partial charge in [-0.15, -0.1) is 0 Å². The summed E-state index contributed by atoms with van der Waals surface area (Å²) in [6.07, 6.45) is 5.25. The van der Waals surface area contributed by atoms with Crippen molar-refractivity contribution in [1.29, 1.82) is 0 Å². The van der Waals surface area contributed by atoms with Crippen molar-refractivity contribution in [2.75, 3.05) is 13.1 Å². The molecule has 1 aliphatic heterocycles.